The zero-order valence-corrected chi connectivity index (χ0v) is 23.0. The molecule has 0 spiro atoms. The molecule has 6 rings (SSSR count). The second-order valence-electron chi connectivity index (χ2n) is 11.0. The van der Waals surface area contributed by atoms with Crippen molar-refractivity contribution in [2.75, 3.05) is 26.0 Å². The van der Waals surface area contributed by atoms with Crippen molar-refractivity contribution < 1.29 is 17.9 Å². The average Bonchev–Trinajstić information content (AvgIpc) is 3.45. The summed E-state index contributed by atoms with van der Waals surface area (Å²) in [6.07, 6.45) is 8.46. The molecule has 1 unspecified atom stereocenters. The van der Waals surface area contributed by atoms with Crippen LogP contribution < -0.4 is 26.4 Å². The van der Waals surface area contributed by atoms with Crippen LogP contribution >= 0.6 is 0 Å². The third-order valence-corrected chi connectivity index (χ3v) is 10.5. The highest BCUT2D eigenvalue weighted by Crippen LogP contribution is 2.38. The fourth-order valence-electron chi connectivity index (χ4n) is 6.26. The molecule has 1 aromatic heterocycles. The van der Waals surface area contributed by atoms with E-state index in [-0.39, 0.29) is 17.2 Å². The molecule has 2 fully saturated rings. The van der Waals surface area contributed by atoms with Gasteiger partial charge in [0.25, 0.3) is 5.91 Å². The normalized spacial score (nSPS) is 26.4. The van der Waals surface area contributed by atoms with E-state index >= 15 is 0 Å². The van der Waals surface area contributed by atoms with Crippen molar-refractivity contribution in [3.05, 3.63) is 35.9 Å². The summed E-state index contributed by atoms with van der Waals surface area (Å²) in [6, 6.07) is 5.89. The Labute approximate surface area is 223 Å². The summed E-state index contributed by atoms with van der Waals surface area (Å²) in [4.78, 5) is 17.8. The number of nitrogens with zero attached hydrogens (tertiary/aromatic N) is 3. The van der Waals surface area contributed by atoms with E-state index in [0.29, 0.717) is 41.5 Å². The number of nitrogens with one attached hydrogen (secondary N) is 3. The van der Waals surface area contributed by atoms with Gasteiger partial charge in [-0.1, -0.05) is 19.8 Å². The molecular weight excluding hydrogens is 506 g/mol. The lowest BCUT2D eigenvalue weighted by Crippen LogP contribution is -2.76. The highest BCUT2D eigenvalue weighted by Gasteiger charge is 2.46. The molecule has 0 saturated heterocycles. The van der Waals surface area contributed by atoms with E-state index in [9.17, 15) is 13.2 Å². The fourth-order valence-corrected chi connectivity index (χ4v) is 7.98. The molecule has 3 heterocycles. The van der Waals surface area contributed by atoms with Crippen LogP contribution in [-0.4, -0.2) is 72.0 Å². The maximum absolute atomic E-state index is 13.5. The average molecular weight is 544 g/mol. The standard InChI is InChI=1S/C26H37N7O4S/c1-4-17-15-31(2)23-24(33(17)18-7-5-6-8-18)29-26(27,30-25(23)34)28-20-13-16-11-12-32(21(16)14-22(20)37-3)38(35,36)19-9-10-19/h11-14,17-19,28-29H,4-10,15,27H2,1-3H3,(H,30,34)/t17?,26-/m1/s1. The molecule has 2 atom stereocenters. The molecule has 4 aliphatic rings. The second kappa shape index (κ2) is 8.98. The molecule has 1 aromatic carbocycles. The van der Waals surface area contributed by atoms with Gasteiger partial charge in [0, 0.05) is 43.3 Å². The Morgan fingerprint density at radius 2 is 1.92 bits per heavy atom. The van der Waals surface area contributed by atoms with Crippen LogP contribution in [0.2, 0.25) is 0 Å². The van der Waals surface area contributed by atoms with E-state index in [2.05, 4.69) is 27.8 Å². The Kier molecular flexibility index (Phi) is 5.95. The Hall–Kier alpha value is -3.12. The maximum atomic E-state index is 13.5. The van der Waals surface area contributed by atoms with Gasteiger partial charge < -0.3 is 25.2 Å². The van der Waals surface area contributed by atoms with Crippen molar-refractivity contribution in [1.29, 1.82) is 0 Å². The number of rotatable bonds is 7. The van der Waals surface area contributed by atoms with Crippen LogP contribution in [0, 0.1) is 0 Å². The molecule has 11 nitrogen and oxygen atoms in total. The van der Waals surface area contributed by atoms with Crippen LogP contribution in [0.15, 0.2) is 35.9 Å². The number of amides is 1. The molecular formula is C26H37N7O4S. The van der Waals surface area contributed by atoms with Gasteiger partial charge in [-0.25, -0.2) is 12.4 Å². The Morgan fingerprint density at radius 1 is 1.18 bits per heavy atom. The number of nitrogens with two attached hydrogens (primary N) is 1. The first-order valence-corrected chi connectivity index (χ1v) is 15.0. The Balaban J connectivity index is 1.35. The largest absolute Gasteiger partial charge is 0.495 e. The SMILES string of the molecule is CCC1CN(C)C2=C(N[C@@](N)(Nc3cc4ccn(S(=O)(=O)C5CC5)c4cc3OC)NC2=O)N1C1CCCC1. The number of hydrogen-bond donors (Lipinski definition) is 4. The minimum Gasteiger partial charge on any atom is -0.495 e. The molecule has 1 amide bonds. The number of methoxy groups -OCH3 is 1. The number of hydrogen-bond acceptors (Lipinski definition) is 9. The molecule has 5 N–H and O–H groups in total. The molecule has 2 aromatic rings. The number of aromatic nitrogens is 1. The van der Waals surface area contributed by atoms with Gasteiger partial charge in [0.15, 0.2) is 0 Å². The fraction of sp³-hybridized carbons (Fsp3) is 0.577. The first kappa shape index (κ1) is 25.2. The highest BCUT2D eigenvalue weighted by atomic mass is 32.2. The van der Waals surface area contributed by atoms with Crippen molar-refractivity contribution in [2.24, 2.45) is 5.73 Å². The maximum Gasteiger partial charge on any atom is 0.275 e. The molecule has 2 aliphatic carbocycles. The number of benzene rings is 1. The lowest BCUT2D eigenvalue weighted by Gasteiger charge is -2.52. The quantitative estimate of drug-likeness (QED) is 0.386. The van der Waals surface area contributed by atoms with Crippen molar-refractivity contribution >= 4 is 32.5 Å². The Morgan fingerprint density at radius 3 is 2.58 bits per heavy atom. The first-order chi connectivity index (χ1) is 18.1. The number of anilines is 1. The summed E-state index contributed by atoms with van der Waals surface area (Å²) in [5.41, 5.74) is 8.45. The van der Waals surface area contributed by atoms with Gasteiger partial charge in [-0.3, -0.25) is 15.8 Å². The van der Waals surface area contributed by atoms with Gasteiger partial charge in [0.05, 0.1) is 23.6 Å². The minimum absolute atomic E-state index is 0.254. The van der Waals surface area contributed by atoms with Gasteiger partial charge in [-0.05, 0) is 44.2 Å². The van der Waals surface area contributed by atoms with E-state index in [0.717, 1.165) is 37.0 Å². The number of fused-ring (bicyclic) bond motifs is 1. The van der Waals surface area contributed by atoms with Gasteiger partial charge in [-0.15, -0.1) is 0 Å². The van der Waals surface area contributed by atoms with Gasteiger partial charge in [0.1, 0.15) is 17.3 Å². The van der Waals surface area contributed by atoms with Crippen LogP contribution in [0.5, 0.6) is 5.75 Å². The third-order valence-electron chi connectivity index (χ3n) is 8.30. The first-order valence-electron chi connectivity index (χ1n) is 13.5. The predicted molar refractivity (Wildman–Crippen MR) is 145 cm³/mol. The van der Waals surface area contributed by atoms with E-state index in [1.54, 1.807) is 24.4 Å². The van der Waals surface area contributed by atoms with Crippen molar-refractivity contribution in [3.8, 4) is 5.75 Å². The van der Waals surface area contributed by atoms with Gasteiger partial charge in [0.2, 0.25) is 15.9 Å². The second-order valence-corrected chi connectivity index (χ2v) is 13.1. The highest BCUT2D eigenvalue weighted by molar-refractivity contribution is 7.91. The van der Waals surface area contributed by atoms with E-state index < -0.39 is 15.9 Å². The summed E-state index contributed by atoms with van der Waals surface area (Å²) in [7, 11) is 0.0235. The molecule has 12 heteroatoms. The summed E-state index contributed by atoms with van der Waals surface area (Å²) < 4.78 is 32.8. The van der Waals surface area contributed by atoms with Crippen LogP contribution in [0.25, 0.3) is 10.9 Å². The van der Waals surface area contributed by atoms with E-state index in [1.165, 1.54) is 23.9 Å². The van der Waals surface area contributed by atoms with Crippen molar-refractivity contribution in [1.82, 2.24) is 24.4 Å². The smallest absolute Gasteiger partial charge is 0.275 e. The predicted octanol–water partition coefficient (Wildman–Crippen LogP) is 1.83. The van der Waals surface area contributed by atoms with Crippen LogP contribution in [0.3, 0.4) is 0 Å². The topological polar surface area (TPSA) is 134 Å². The van der Waals surface area contributed by atoms with Crippen molar-refractivity contribution in [2.45, 2.75) is 75.1 Å². The zero-order chi connectivity index (χ0) is 26.8. The molecule has 2 aliphatic heterocycles. The minimum atomic E-state index is -3.44. The number of ether oxygens (including phenoxy) is 1. The number of likely N-dealkylation sites (N-methyl/N-ethyl adjacent to an activating group) is 1. The lowest BCUT2D eigenvalue weighted by atomic mass is 10.0. The van der Waals surface area contributed by atoms with E-state index in [1.807, 2.05) is 11.9 Å². The Bertz CT molecular complexity index is 1410. The molecule has 0 bridgehead atoms. The van der Waals surface area contributed by atoms with Crippen LogP contribution in [-0.2, 0) is 14.8 Å². The van der Waals surface area contributed by atoms with Crippen molar-refractivity contribution in [3.63, 3.8) is 0 Å². The zero-order valence-electron chi connectivity index (χ0n) is 22.2. The molecule has 38 heavy (non-hydrogen) atoms. The summed E-state index contributed by atoms with van der Waals surface area (Å²) in [6.45, 7) is 2.95. The lowest BCUT2D eigenvalue weighted by molar-refractivity contribution is -0.123. The monoisotopic (exact) mass is 543 g/mol. The molecule has 206 valence electrons. The van der Waals surface area contributed by atoms with Gasteiger partial charge in [-0.2, -0.15) is 0 Å². The molecule has 2 saturated carbocycles. The molecule has 0 radical (unpaired) electrons. The van der Waals surface area contributed by atoms with E-state index in [4.69, 9.17) is 10.5 Å². The summed E-state index contributed by atoms with van der Waals surface area (Å²) in [5, 5.41) is 9.96. The van der Waals surface area contributed by atoms with Crippen LogP contribution in [0.4, 0.5) is 5.69 Å². The number of carbonyl (C=O) groups excluding carboxylic acids is 1. The van der Waals surface area contributed by atoms with Gasteiger partial charge >= 0.3 is 0 Å². The van der Waals surface area contributed by atoms with Crippen LogP contribution in [0.1, 0.15) is 51.9 Å². The number of carbonyl (C=O) groups is 1. The summed E-state index contributed by atoms with van der Waals surface area (Å²) in [5.74, 6) is -0.579. The summed E-state index contributed by atoms with van der Waals surface area (Å²) >= 11 is 0. The third kappa shape index (κ3) is 4.05.